The Morgan fingerprint density at radius 1 is 1.37 bits per heavy atom. The van der Waals surface area contributed by atoms with Crippen molar-refractivity contribution in [1.82, 2.24) is 29.7 Å². The average molecular weight is 261 g/mol. The van der Waals surface area contributed by atoms with Crippen molar-refractivity contribution in [2.75, 3.05) is 19.0 Å². The van der Waals surface area contributed by atoms with Crippen molar-refractivity contribution < 1.29 is 4.74 Å². The van der Waals surface area contributed by atoms with Crippen LogP contribution in [0.2, 0.25) is 0 Å². The van der Waals surface area contributed by atoms with Gasteiger partial charge in [-0.15, -0.1) is 0 Å². The summed E-state index contributed by atoms with van der Waals surface area (Å²) >= 11 is 0. The molecule has 0 spiro atoms. The molecule has 0 amide bonds. The number of nitrogens with one attached hydrogen (secondary N) is 1. The van der Waals surface area contributed by atoms with Crippen molar-refractivity contribution >= 4 is 5.95 Å². The van der Waals surface area contributed by atoms with E-state index in [-0.39, 0.29) is 0 Å². The topological polar surface area (TPSA) is 90.6 Å². The minimum Gasteiger partial charge on any atom is -0.463 e. The Kier molecular flexibility index (Phi) is 3.21. The highest BCUT2D eigenvalue weighted by molar-refractivity contribution is 5.28. The molecule has 2 aromatic rings. The van der Waals surface area contributed by atoms with Crippen LogP contribution in [0.25, 0.3) is 5.95 Å². The van der Waals surface area contributed by atoms with Crippen LogP contribution in [-0.4, -0.2) is 43.4 Å². The zero-order valence-electron chi connectivity index (χ0n) is 10.7. The minimum atomic E-state index is 0.311. The summed E-state index contributed by atoms with van der Waals surface area (Å²) in [5.41, 5.74) is 0. The molecule has 0 unspecified atom stereocenters. The van der Waals surface area contributed by atoms with E-state index in [4.69, 9.17) is 4.74 Å². The van der Waals surface area contributed by atoms with Gasteiger partial charge in [0.2, 0.25) is 5.95 Å². The lowest BCUT2D eigenvalue weighted by atomic mass is 10.3. The van der Waals surface area contributed by atoms with E-state index in [1.807, 2.05) is 0 Å². The van der Waals surface area contributed by atoms with Gasteiger partial charge in [-0.05, 0) is 12.3 Å². The van der Waals surface area contributed by atoms with Crippen LogP contribution in [0, 0.1) is 5.92 Å². The fourth-order valence-corrected chi connectivity index (χ4v) is 1.66. The molecule has 3 rings (SSSR count). The molecule has 8 nitrogen and oxygen atoms in total. The van der Waals surface area contributed by atoms with Gasteiger partial charge >= 0.3 is 6.01 Å². The average Bonchev–Trinajstić information content (AvgIpc) is 3.09. The van der Waals surface area contributed by atoms with Crippen molar-refractivity contribution in [2.24, 2.45) is 5.92 Å². The van der Waals surface area contributed by atoms with E-state index >= 15 is 0 Å². The lowest BCUT2D eigenvalue weighted by Crippen LogP contribution is -2.10. The Morgan fingerprint density at radius 3 is 2.95 bits per heavy atom. The summed E-state index contributed by atoms with van der Waals surface area (Å²) in [5.74, 6) is 1.65. The monoisotopic (exact) mass is 261 g/mol. The number of anilines is 1. The van der Waals surface area contributed by atoms with Crippen LogP contribution in [0.15, 0.2) is 12.7 Å². The third-order valence-electron chi connectivity index (χ3n) is 2.90. The first kappa shape index (κ1) is 11.8. The minimum absolute atomic E-state index is 0.311. The number of hydrogen-bond acceptors (Lipinski definition) is 7. The van der Waals surface area contributed by atoms with E-state index < -0.39 is 0 Å². The van der Waals surface area contributed by atoms with Crippen LogP contribution >= 0.6 is 0 Å². The Morgan fingerprint density at radius 2 is 2.26 bits per heavy atom. The van der Waals surface area contributed by atoms with Gasteiger partial charge in [0.25, 0.3) is 5.95 Å². The van der Waals surface area contributed by atoms with Crippen molar-refractivity contribution in [1.29, 1.82) is 0 Å². The Hall–Kier alpha value is -2.25. The fourth-order valence-electron chi connectivity index (χ4n) is 1.66. The summed E-state index contributed by atoms with van der Waals surface area (Å²) in [4.78, 5) is 16.4. The molecule has 1 aliphatic carbocycles. The van der Waals surface area contributed by atoms with Crippen LogP contribution in [0.4, 0.5) is 5.95 Å². The molecule has 0 bridgehead atoms. The summed E-state index contributed by atoms with van der Waals surface area (Å²) in [7, 11) is 1.74. The molecule has 0 aliphatic heterocycles. The molecule has 8 heteroatoms. The first-order chi connectivity index (χ1) is 9.35. The molecule has 0 radical (unpaired) electrons. The summed E-state index contributed by atoms with van der Waals surface area (Å²) in [5, 5.41) is 6.87. The van der Waals surface area contributed by atoms with Crippen molar-refractivity contribution in [3.63, 3.8) is 0 Å². The van der Waals surface area contributed by atoms with Gasteiger partial charge in [-0.3, -0.25) is 0 Å². The van der Waals surface area contributed by atoms with E-state index in [9.17, 15) is 0 Å². The lowest BCUT2D eigenvalue weighted by Gasteiger charge is -2.07. The molecule has 100 valence electrons. The third-order valence-corrected chi connectivity index (χ3v) is 2.90. The normalized spacial score (nSPS) is 14.4. The zero-order chi connectivity index (χ0) is 13.1. The Balaban J connectivity index is 1.76. The van der Waals surface area contributed by atoms with Crippen molar-refractivity contribution in [2.45, 2.75) is 19.3 Å². The van der Waals surface area contributed by atoms with Gasteiger partial charge in [0.15, 0.2) is 0 Å². The summed E-state index contributed by atoms with van der Waals surface area (Å²) < 4.78 is 7.04. The van der Waals surface area contributed by atoms with Crippen LogP contribution in [0.3, 0.4) is 0 Å². The fraction of sp³-hybridized carbons (Fsp3) is 0.545. The van der Waals surface area contributed by atoms with E-state index in [0.29, 0.717) is 24.5 Å². The van der Waals surface area contributed by atoms with E-state index in [1.165, 1.54) is 30.2 Å². The number of ether oxygens (including phenoxy) is 1. The molecule has 1 fully saturated rings. The summed E-state index contributed by atoms with van der Waals surface area (Å²) in [6.45, 7) is 0.634. The van der Waals surface area contributed by atoms with Gasteiger partial charge in [-0.1, -0.05) is 12.8 Å². The molecule has 2 aromatic heterocycles. The Labute approximate surface area is 110 Å². The maximum absolute atomic E-state index is 5.57. The van der Waals surface area contributed by atoms with Crippen LogP contribution < -0.4 is 10.1 Å². The number of hydrogen-bond donors (Lipinski definition) is 1. The quantitative estimate of drug-likeness (QED) is 0.817. The molecule has 0 saturated heterocycles. The van der Waals surface area contributed by atoms with E-state index in [2.05, 4.69) is 30.4 Å². The van der Waals surface area contributed by atoms with Gasteiger partial charge in [-0.2, -0.15) is 24.7 Å². The van der Waals surface area contributed by atoms with E-state index in [1.54, 1.807) is 7.05 Å². The number of rotatable bonds is 6. The highest BCUT2D eigenvalue weighted by atomic mass is 16.5. The standard InChI is InChI=1S/C11H15N7O/c1-12-9-15-10(18-7-13-6-14-18)17-11(16-9)19-5-4-8-2-3-8/h6-8H,2-5H2,1H3,(H,12,15,16,17). The van der Waals surface area contributed by atoms with Crippen LogP contribution in [0.1, 0.15) is 19.3 Å². The van der Waals surface area contributed by atoms with Gasteiger partial charge in [0.1, 0.15) is 12.7 Å². The first-order valence-electron chi connectivity index (χ1n) is 6.27. The molecule has 2 heterocycles. The molecule has 19 heavy (non-hydrogen) atoms. The molecule has 1 aliphatic rings. The van der Waals surface area contributed by atoms with Gasteiger partial charge < -0.3 is 10.1 Å². The lowest BCUT2D eigenvalue weighted by molar-refractivity contribution is 0.278. The number of nitrogens with zero attached hydrogens (tertiary/aromatic N) is 6. The van der Waals surface area contributed by atoms with Gasteiger partial charge in [-0.25, -0.2) is 4.98 Å². The predicted octanol–water partition coefficient (Wildman–Crippen LogP) is 0.673. The molecule has 1 N–H and O–H groups in total. The highest BCUT2D eigenvalue weighted by Gasteiger charge is 2.21. The second kappa shape index (κ2) is 5.17. The van der Waals surface area contributed by atoms with Crippen molar-refractivity contribution in [3.8, 4) is 12.0 Å². The second-order valence-electron chi connectivity index (χ2n) is 4.41. The summed E-state index contributed by atoms with van der Waals surface area (Å²) in [6, 6.07) is 0.311. The molecular weight excluding hydrogens is 246 g/mol. The summed E-state index contributed by atoms with van der Waals surface area (Å²) in [6.07, 6.45) is 6.64. The highest BCUT2D eigenvalue weighted by Crippen LogP contribution is 2.32. The van der Waals surface area contributed by atoms with Gasteiger partial charge in [0, 0.05) is 7.05 Å². The van der Waals surface area contributed by atoms with Crippen LogP contribution in [0.5, 0.6) is 6.01 Å². The van der Waals surface area contributed by atoms with Crippen LogP contribution in [-0.2, 0) is 0 Å². The molecule has 1 saturated carbocycles. The molecule has 0 aromatic carbocycles. The number of aromatic nitrogens is 6. The van der Waals surface area contributed by atoms with Crippen molar-refractivity contribution in [3.05, 3.63) is 12.7 Å². The first-order valence-corrected chi connectivity index (χ1v) is 6.27. The van der Waals surface area contributed by atoms with E-state index in [0.717, 1.165) is 12.3 Å². The molecular formula is C11H15N7O. The SMILES string of the molecule is CNc1nc(OCCC2CC2)nc(-n2cncn2)n1. The maximum atomic E-state index is 5.57. The third kappa shape index (κ3) is 2.95. The maximum Gasteiger partial charge on any atom is 0.323 e. The molecule has 0 atom stereocenters. The zero-order valence-corrected chi connectivity index (χ0v) is 10.7. The largest absolute Gasteiger partial charge is 0.463 e. The second-order valence-corrected chi connectivity index (χ2v) is 4.41. The van der Waals surface area contributed by atoms with Gasteiger partial charge in [0.05, 0.1) is 6.61 Å². The Bertz CT molecular complexity index is 538. The smallest absolute Gasteiger partial charge is 0.323 e. The predicted molar refractivity (Wildman–Crippen MR) is 67.1 cm³/mol.